The average Bonchev–Trinajstić information content (AvgIpc) is 3.10. The van der Waals surface area contributed by atoms with E-state index in [1.54, 1.807) is 6.21 Å². The minimum absolute atomic E-state index is 0.0229. The average molecular weight is 354 g/mol. The molecule has 0 unspecified atom stereocenters. The van der Waals surface area contributed by atoms with Crippen molar-refractivity contribution in [1.29, 1.82) is 0 Å². The van der Waals surface area contributed by atoms with Crippen LogP contribution in [0.4, 0.5) is 0 Å². The first-order valence-corrected chi connectivity index (χ1v) is 8.82. The molecule has 3 rings (SSSR count). The SMILES string of the molecule is O=C(CN1CCCCC1)N/N=C\[C@@H]1[C@@H](c2ccccc2)C1(Cl)Cl. The van der Waals surface area contributed by atoms with Gasteiger partial charge >= 0.3 is 0 Å². The Kier molecular flexibility index (Phi) is 5.24. The first-order chi connectivity index (χ1) is 11.1. The molecule has 1 N–H and O–H groups in total. The highest BCUT2D eigenvalue weighted by molar-refractivity contribution is 6.53. The van der Waals surface area contributed by atoms with Crippen molar-refractivity contribution in [3.63, 3.8) is 0 Å². The van der Waals surface area contributed by atoms with Gasteiger partial charge in [0.2, 0.25) is 0 Å². The molecule has 2 atom stereocenters. The zero-order valence-corrected chi connectivity index (χ0v) is 14.4. The molecule has 0 spiro atoms. The van der Waals surface area contributed by atoms with E-state index < -0.39 is 4.33 Å². The van der Waals surface area contributed by atoms with Crippen molar-refractivity contribution < 1.29 is 4.79 Å². The minimum Gasteiger partial charge on any atom is -0.294 e. The number of hydrogen-bond acceptors (Lipinski definition) is 3. The fraction of sp³-hybridized carbons (Fsp3) is 0.529. The maximum Gasteiger partial charge on any atom is 0.254 e. The molecule has 4 nitrogen and oxygen atoms in total. The quantitative estimate of drug-likeness (QED) is 0.502. The number of amides is 1. The number of nitrogens with zero attached hydrogens (tertiary/aromatic N) is 2. The van der Waals surface area contributed by atoms with Crippen LogP contribution in [0.1, 0.15) is 30.7 Å². The molecule has 0 radical (unpaired) electrons. The summed E-state index contributed by atoms with van der Waals surface area (Å²) in [6, 6.07) is 9.90. The summed E-state index contributed by atoms with van der Waals surface area (Å²) in [7, 11) is 0. The van der Waals surface area contributed by atoms with E-state index in [4.69, 9.17) is 23.2 Å². The second kappa shape index (κ2) is 7.20. The lowest BCUT2D eigenvalue weighted by Crippen LogP contribution is -2.38. The maximum absolute atomic E-state index is 11.9. The maximum atomic E-state index is 11.9. The van der Waals surface area contributed by atoms with Gasteiger partial charge in [0.25, 0.3) is 5.91 Å². The molecule has 1 saturated heterocycles. The summed E-state index contributed by atoms with van der Waals surface area (Å²) in [6.07, 6.45) is 5.24. The number of benzene rings is 1. The van der Waals surface area contributed by atoms with Gasteiger partial charge in [-0.1, -0.05) is 36.8 Å². The first-order valence-electron chi connectivity index (χ1n) is 8.06. The van der Waals surface area contributed by atoms with Gasteiger partial charge in [-0.25, -0.2) is 5.43 Å². The molecule has 23 heavy (non-hydrogen) atoms. The molecule has 1 aliphatic heterocycles. The highest BCUT2D eigenvalue weighted by Gasteiger charge is 2.63. The van der Waals surface area contributed by atoms with Crippen LogP contribution >= 0.6 is 23.2 Å². The van der Waals surface area contributed by atoms with Crippen molar-refractivity contribution in [1.82, 2.24) is 10.3 Å². The van der Waals surface area contributed by atoms with Crippen LogP contribution in [0.5, 0.6) is 0 Å². The van der Waals surface area contributed by atoms with E-state index in [2.05, 4.69) is 15.4 Å². The third-order valence-corrected chi connectivity index (χ3v) is 5.48. The third kappa shape index (κ3) is 4.06. The molecule has 1 heterocycles. The highest BCUT2D eigenvalue weighted by Crippen LogP contribution is 2.63. The van der Waals surface area contributed by atoms with E-state index in [0.717, 1.165) is 18.7 Å². The van der Waals surface area contributed by atoms with Crippen molar-refractivity contribution in [2.75, 3.05) is 19.6 Å². The fourth-order valence-corrected chi connectivity index (χ4v) is 3.93. The van der Waals surface area contributed by atoms with E-state index in [-0.39, 0.29) is 17.7 Å². The number of hydrazone groups is 1. The van der Waals surface area contributed by atoms with Crippen LogP contribution in [0.25, 0.3) is 0 Å². The van der Waals surface area contributed by atoms with Gasteiger partial charge in [-0.3, -0.25) is 9.69 Å². The first kappa shape index (κ1) is 16.7. The van der Waals surface area contributed by atoms with Crippen LogP contribution in [0.15, 0.2) is 35.4 Å². The molecule has 1 amide bonds. The van der Waals surface area contributed by atoms with E-state index in [9.17, 15) is 4.79 Å². The third-order valence-electron chi connectivity index (χ3n) is 4.51. The number of halogens is 2. The van der Waals surface area contributed by atoms with Crippen LogP contribution in [0.2, 0.25) is 0 Å². The summed E-state index contributed by atoms with van der Waals surface area (Å²) < 4.78 is -0.845. The number of rotatable bonds is 5. The summed E-state index contributed by atoms with van der Waals surface area (Å²) in [5.74, 6) is -0.145. The molecule has 1 aliphatic carbocycles. The zero-order valence-electron chi connectivity index (χ0n) is 12.9. The molecule has 1 saturated carbocycles. The zero-order chi connectivity index (χ0) is 16.3. The summed E-state index contributed by atoms with van der Waals surface area (Å²) in [5, 5.41) is 4.05. The number of nitrogens with one attached hydrogen (secondary N) is 1. The van der Waals surface area contributed by atoms with E-state index in [0.29, 0.717) is 6.54 Å². The van der Waals surface area contributed by atoms with Crippen LogP contribution in [-0.4, -0.2) is 41.0 Å². The molecule has 0 aromatic heterocycles. The molecular weight excluding hydrogens is 333 g/mol. The van der Waals surface area contributed by atoms with Gasteiger partial charge < -0.3 is 0 Å². The molecule has 2 aliphatic rings. The van der Waals surface area contributed by atoms with Gasteiger partial charge in [0, 0.05) is 18.1 Å². The number of alkyl halides is 2. The van der Waals surface area contributed by atoms with E-state index in [1.807, 2.05) is 30.3 Å². The van der Waals surface area contributed by atoms with E-state index >= 15 is 0 Å². The van der Waals surface area contributed by atoms with Crippen molar-refractivity contribution in [2.45, 2.75) is 29.5 Å². The lowest BCUT2D eigenvalue weighted by molar-refractivity contribution is -0.122. The fourth-order valence-electron chi connectivity index (χ4n) is 3.17. The molecule has 0 bridgehead atoms. The molecular formula is C17H21Cl2N3O. The molecule has 2 fully saturated rings. The number of likely N-dealkylation sites (tertiary alicyclic amines) is 1. The summed E-state index contributed by atoms with van der Waals surface area (Å²) >= 11 is 12.7. The number of carbonyl (C=O) groups excluding carboxylic acids is 1. The molecule has 1 aromatic rings. The predicted octanol–water partition coefficient (Wildman–Crippen LogP) is 3.16. The lowest BCUT2D eigenvalue weighted by Gasteiger charge is -2.25. The van der Waals surface area contributed by atoms with Crippen LogP contribution < -0.4 is 5.43 Å². The normalized spacial score (nSPS) is 27.0. The summed E-state index contributed by atoms with van der Waals surface area (Å²) in [6.45, 7) is 2.38. The van der Waals surface area contributed by atoms with Crippen LogP contribution in [-0.2, 0) is 4.79 Å². The number of hydrogen-bond donors (Lipinski definition) is 1. The Morgan fingerprint density at radius 1 is 1.26 bits per heavy atom. The summed E-state index contributed by atoms with van der Waals surface area (Å²) in [4.78, 5) is 14.1. The van der Waals surface area contributed by atoms with Crippen molar-refractivity contribution in [2.24, 2.45) is 11.0 Å². The van der Waals surface area contributed by atoms with Gasteiger partial charge in [-0.2, -0.15) is 5.10 Å². The van der Waals surface area contributed by atoms with Gasteiger partial charge in [-0.15, -0.1) is 23.2 Å². The predicted molar refractivity (Wildman–Crippen MR) is 94.0 cm³/mol. The Morgan fingerprint density at radius 2 is 1.96 bits per heavy atom. The van der Waals surface area contributed by atoms with Crippen molar-refractivity contribution in [3.8, 4) is 0 Å². The summed E-state index contributed by atoms with van der Waals surface area (Å²) in [5.41, 5.74) is 3.67. The van der Waals surface area contributed by atoms with Gasteiger partial charge in [-0.05, 0) is 31.5 Å². The Morgan fingerprint density at radius 3 is 2.65 bits per heavy atom. The highest BCUT2D eigenvalue weighted by atomic mass is 35.5. The second-order valence-electron chi connectivity index (χ2n) is 6.24. The van der Waals surface area contributed by atoms with Crippen molar-refractivity contribution >= 4 is 35.3 Å². The van der Waals surface area contributed by atoms with Crippen LogP contribution in [0.3, 0.4) is 0 Å². The Hall–Kier alpha value is -1.10. The monoisotopic (exact) mass is 353 g/mol. The largest absolute Gasteiger partial charge is 0.294 e. The molecule has 6 heteroatoms. The van der Waals surface area contributed by atoms with Gasteiger partial charge in [0.05, 0.1) is 6.54 Å². The standard InChI is InChI=1S/C17H21Cl2N3O/c18-17(19)14(16(17)13-7-3-1-4-8-13)11-20-21-15(23)12-22-9-5-2-6-10-22/h1,3-4,7-8,11,14,16H,2,5-6,9-10,12H2,(H,21,23)/b20-11-/t14-,16-/m1/s1. The van der Waals surface area contributed by atoms with Crippen LogP contribution in [0, 0.1) is 5.92 Å². The lowest BCUT2D eigenvalue weighted by atomic mass is 10.1. The number of piperidine rings is 1. The molecule has 1 aromatic carbocycles. The molecule has 124 valence electrons. The Bertz CT molecular complexity index is 570. The minimum atomic E-state index is -0.845. The second-order valence-corrected chi connectivity index (χ2v) is 7.68. The Labute approximate surface area is 146 Å². The Balaban J connectivity index is 1.49. The van der Waals surface area contributed by atoms with Gasteiger partial charge in [0.15, 0.2) is 0 Å². The van der Waals surface area contributed by atoms with E-state index in [1.165, 1.54) is 19.3 Å². The topological polar surface area (TPSA) is 44.7 Å². The van der Waals surface area contributed by atoms with Gasteiger partial charge in [0.1, 0.15) is 4.33 Å². The smallest absolute Gasteiger partial charge is 0.254 e. The number of carbonyl (C=O) groups is 1. The van der Waals surface area contributed by atoms with Crippen molar-refractivity contribution in [3.05, 3.63) is 35.9 Å².